The van der Waals surface area contributed by atoms with Crippen LogP contribution in [0.4, 0.5) is 0 Å². The van der Waals surface area contributed by atoms with Crippen LogP contribution in [0.15, 0.2) is 151 Å². The molecular formula is C44H61NO7S. The van der Waals surface area contributed by atoms with Crippen LogP contribution in [0.2, 0.25) is 0 Å². The molecule has 0 radical (unpaired) electrons. The van der Waals surface area contributed by atoms with Gasteiger partial charge in [-0.25, -0.2) is 4.18 Å². The third-order valence-corrected chi connectivity index (χ3v) is 9.21. The molecule has 0 amide bonds. The summed E-state index contributed by atoms with van der Waals surface area (Å²) in [6.45, 7) is 11.6. The van der Waals surface area contributed by atoms with Crippen LogP contribution in [-0.4, -0.2) is 53.3 Å². The van der Waals surface area contributed by atoms with Gasteiger partial charge in [0.1, 0.15) is 0 Å². The molecule has 0 aliphatic heterocycles. The highest BCUT2D eigenvalue weighted by Gasteiger charge is 2.27. The molecule has 1 aromatic carbocycles. The van der Waals surface area contributed by atoms with E-state index < -0.39 is 28.7 Å². The van der Waals surface area contributed by atoms with Crippen LogP contribution < -0.4 is 5.32 Å². The molecule has 7 unspecified atom stereocenters. The Bertz CT molecular complexity index is 1600. The van der Waals surface area contributed by atoms with Crippen molar-refractivity contribution in [1.29, 1.82) is 0 Å². The molecule has 9 heteroatoms. The zero-order valence-corrected chi connectivity index (χ0v) is 32.9. The summed E-state index contributed by atoms with van der Waals surface area (Å²) in [5.74, 6) is -0.588. The molecule has 290 valence electrons. The van der Waals surface area contributed by atoms with Crippen LogP contribution in [-0.2, 0) is 25.9 Å². The number of hydrogen-bond acceptors (Lipinski definition) is 7. The van der Waals surface area contributed by atoms with Crippen molar-refractivity contribution in [2.75, 3.05) is 0 Å². The molecule has 0 fully saturated rings. The predicted octanol–water partition coefficient (Wildman–Crippen LogP) is 8.69. The Balaban J connectivity index is 2.45. The third kappa shape index (κ3) is 23.3. The van der Waals surface area contributed by atoms with Gasteiger partial charge in [-0.2, -0.15) is 8.42 Å². The molecule has 1 rings (SSSR count). The van der Waals surface area contributed by atoms with E-state index in [0.29, 0.717) is 13.0 Å². The lowest BCUT2D eigenvalue weighted by Gasteiger charge is -2.27. The number of allylic oxidation sites excluding steroid dienone is 17. The molecule has 8 nitrogen and oxygen atoms in total. The molecule has 4 N–H and O–H groups in total. The van der Waals surface area contributed by atoms with E-state index in [1.165, 1.54) is 0 Å². The summed E-state index contributed by atoms with van der Waals surface area (Å²) in [5, 5.41) is 24.6. The van der Waals surface area contributed by atoms with Crippen molar-refractivity contribution in [1.82, 2.24) is 5.32 Å². The average molecular weight is 748 g/mol. The smallest absolute Gasteiger partial charge is 0.392 e. The number of hydrogen-bond donors (Lipinski definition) is 4. The van der Waals surface area contributed by atoms with Crippen molar-refractivity contribution in [3.8, 4) is 0 Å². The van der Waals surface area contributed by atoms with Crippen molar-refractivity contribution in [3.63, 3.8) is 0 Å². The average Bonchev–Trinajstić information content (AvgIpc) is 3.12. The third-order valence-electron chi connectivity index (χ3n) is 8.72. The van der Waals surface area contributed by atoms with Crippen molar-refractivity contribution in [3.05, 3.63) is 157 Å². The first-order chi connectivity index (χ1) is 25.2. The number of benzene rings is 1. The minimum atomic E-state index is -4.60. The maximum Gasteiger partial charge on any atom is 0.397 e. The normalized spacial score (nSPS) is 17.9. The summed E-state index contributed by atoms with van der Waals surface area (Å²) >= 11 is 0. The second-order valence-electron chi connectivity index (χ2n) is 13.1. The highest BCUT2D eigenvalue weighted by molar-refractivity contribution is 7.80. The minimum Gasteiger partial charge on any atom is -0.392 e. The first-order valence-corrected chi connectivity index (χ1v) is 19.6. The monoisotopic (exact) mass is 747 g/mol. The Hall–Kier alpha value is -3.96. The Morgan fingerprint density at radius 1 is 0.736 bits per heavy atom. The molecule has 0 saturated carbocycles. The Morgan fingerprint density at radius 2 is 1.28 bits per heavy atom. The van der Waals surface area contributed by atoms with E-state index in [4.69, 9.17) is 4.18 Å². The van der Waals surface area contributed by atoms with Gasteiger partial charge in [-0.05, 0) is 57.1 Å². The highest BCUT2D eigenvalue weighted by atomic mass is 32.3. The summed E-state index contributed by atoms with van der Waals surface area (Å²) in [5.41, 5.74) is 1.84. The van der Waals surface area contributed by atoms with Crippen LogP contribution in [0.1, 0.15) is 66.4 Å². The van der Waals surface area contributed by atoms with Crippen molar-refractivity contribution < 1.29 is 32.2 Å². The zero-order valence-electron chi connectivity index (χ0n) is 32.1. The summed E-state index contributed by atoms with van der Waals surface area (Å²) < 4.78 is 37.3. The first-order valence-electron chi connectivity index (χ1n) is 18.2. The lowest BCUT2D eigenvalue weighted by atomic mass is 9.88. The summed E-state index contributed by atoms with van der Waals surface area (Å²) in [6, 6.07) is 9.83. The van der Waals surface area contributed by atoms with Crippen molar-refractivity contribution in [2.45, 2.75) is 91.7 Å². The number of unbranched alkanes of at least 4 members (excludes halogenated alkanes) is 1. The standard InChI is InChI=1S/C44H61NO7S/c1-35(40(6)46)28-22-17-13-12-14-18-23-29-36(2)44(48)38(4)42(47)32-26-19-15-10-8-7-9-11-16-20-27-33-43(52-53(49,50)51)37(3)39(5)45-34-41-30-24-21-25-31-41/h7-13,15-17,19-32,36-39,42-45,47-48H,14,18,33-34H2,1-6H3,(H,49,50,51)/b9-7+,10-8+,13-12+,16-11+,19-15+,22-17+,27-20+,29-23+,32-26+,35-28+. The van der Waals surface area contributed by atoms with E-state index in [2.05, 4.69) is 11.4 Å². The van der Waals surface area contributed by atoms with E-state index in [0.717, 1.165) is 24.0 Å². The Morgan fingerprint density at radius 3 is 1.89 bits per heavy atom. The van der Waals surface area contributed by atoms with Gasteiger partial charge in [-0.1, -0.05) is 167 Å². The molecule has 0 bridgehead atoms. The first kappa shape index (κ1) is 47.1. The van der Waals surface area contributed by atoms with E-state index in [1.807, 2.05) is 137 Å². The molecule has 0 aliphatic rings. The maximum absolute atomic E-state index is 11.5. The maximum atomic E-state index is 11.5. The topological polar surface area (TPSA) is 133 Å². The molecular weight excluding hydrogens is 687 g/mol. The van der Waals surface area contributed by atoms with Gasteiger partial charge in [0.15, 0.2) is 5.78 Å². The van der Waals surface area contributed by atoms with E-state index in [-0.39, 0.29) is 29.6 Å². The summed E-state index contributed by atoms with van der Waals surface area (Å²) in [7, 11) is -4.60. The van der Waals surface area contributed by atoms with Gasteiger partial charge in [0.2, 0.25) is 0 Å². The fraction of sp³-hybridized carbons (Fsp3) is 0.386. The number of ketones is 1. The minimum absolute atomic E-state index is 0.0627. The van der Waals surface area contributed by atoms with Crippen LogP contribution in [0.3, 0.4) is 0 Å². The summed E-state index contributed by atoms with van der Waals surface area (Å²) in [6.07, 6.45) is 35.1. The fourth-order valence-corrected chi connectivity index (χ4v) is 5.46. The zero-order chi connectivity index (χ0) is 39.5. The van der Waals surface area contributed by atoms with Gasteiger partial charge in [0.05, 0.1) is 18.3 Å². The lowest BCUT2D eigenvalue weighted by molar-refractivity contribution is -0.113. The molecule has 0 aliphatic carbocycles. The number of carbonyl (C=O) groups excluding carboxylic acids is 1. The number of aliphatic hydroxyl groups excluding tert-OH is 2. The predicted molar refractivity (Wildman–Crippen MR) is 219 cm³/mol. The SMILES string of the molecule is CC(=O)/C(C)=C/C=C/C=C/CC/C=C/C(C)C(O)C(C)C(O)/C=C/C=C/C=C/C=C/C=C/C=C/CC(OS(=O)(=O)O)C(C)C(C)NCc1ccccc1. The van der Waals surface area contributed by atoms with Crippen molar-refractivity contribution >= 4 is 16.2 Å². The fourth-order valence-electron chi connectivity index (χ4n) is 4.89. The Kier molecular flexibility index (Phi) is 24.5. The largest absolute Gasteiger partial charge is 0.397 e. The number of rotatable bonds is 25. The van der Waals surface area contributed by atoms with Crippen molar-refractivity contribution in [2.24, 2.45) is 17.8 Å². The number of carbonyl (C=O) groups is 1. The molecule has 0 heterocycles. The van der Waals surface area contributed by atoms with Gasteiger partial charge in [-0.15, -0.1) is 0 Å². The number of aliphatic hydroxyl groups is 2. The van der Waals surface area contributed by atoms with E-state index in [1.54, 1.807) is 44.2 Å². The molecule has 0 aromatic heterocycles. The number of Topliss-reactive ketones (excluding diaryl/α,β-unsaturated/α-hetero) is 1. The molecule has 53 heavy (non-hydrogen) atoms. The lowest BCUT2D eigenvalue weighted by Crippen LogP contribution is -2.39. The highest BCUT2D eigenvalue weighted by Crippen LogP contribution is 2.20. The van der Waals surface area contributed by atoms with Gasteiger partial charge >= 0.3 is 10.4 Å². The molecule has 7 atom stereocenters. The van der Waals surface area contributed by atoms with E-state index in [9.17, 15) is 28.0 Å². The van der Waals surface area contributed by atoms with Crippen LogP contribution in [0, 0.1) is 17.8 Å². The van der Waals surface area contributed by atoms with E-state index >= 15 is 0 Å². The van der Waals surface area contributed by atoms with Crippen LogP contribution in [0.25, 0.3) is 0 Å². The van der Waals surface area contributed by atoms with Crippen LogP contribution in [0.5, 0.6) is 0 Å². The summed E-state index contributed by atoms with van der Waals surface area (Å²) in [4.78, 5) is 11.2. The van der Waals surface area contributed by atoms with Gasteiger partial charge < -0.3 is 15.5 Å². The van der Waals surface area contributed by atoms with Gasteiger partial charge in [-0.3, -0.25) is 9.35 Å². The van der Waals surface area contributed by atoms with Gasteiger partial charge in [0.25, 0.3) is 0 Å². The molecule has 0 saturated heterocycles. The van der Waals surface area contributed by atoms with Gasteiger partial charge in [0, 0.05) is 24.4 Å². The number of nitrogens with one attached hydrogen (secondary N) is 1. The molecule has 0 spiro atoms. The quantitative estimate of drug-likeness (QED) is 0.0257. The molecule has 1 aromatic rings. The second kappa shape index (κ2) is 27.6. The second-order valence-corrected chi connectivity index (χ2v) is 14.1. The Labute approximate surface area is 319 Å². The van der Waals surface area contributed by atoms with Crippen LogP contribution >= 0.6 is 0 Å².